The number of hydrogen-bond donors (Lipinski definition) is 1. The van der Waals surface area contributed by atoms with E-state index < -0.39 is 15.8 Å². The number of sulfonamides is 1. The Bertz CT molecular complexity index is 476. The monoisotopic (exact) mass is 323 g/mol. The van der Waals surface area contributed by atoms with Crippen molar-refractivity contribution in [3.63, 3.8) is 0 Å². The molecule has 0 spiro atoms. The van der Waals surface area contributed by atoms with Crippen LogP contribution < -0.4 is 4.72 Å². The van der Waals surface area contributed by atoms with Crippen LogP contribution in [0.2, 0.25) is 0 Å². The smallest absolute Gasteiger partial charge is 0.211 e. The number of halogens is 2. The predicted octanol–water partition coefficient (Wildman–Crippen LogP) is 2.81. The van der Waals surface area contributed by atoms with Gasteiger partial charge in [0.25, 0.3) is 0 Å². The van der Waals surface area contributed by atoms with Crippen LogP contribution >= 0.6 is 15.9 Å². The molecule has 17 heavy (non-hydrogen) atoms. The van der Waals surface area contributed by atoms with Crippen molar-refractivity contribution in [1.29, 1.82) is 0 Å². The lowest BCUT2D eigenvalue weighted by atomic mass is 10.2. The zero-order valence-electron chi connectivity index (χ0n) is 9.54. The van der Waals surface area contributed by atoms with Crippen molar-refractivity contribution in [1.82, 2.24) is 4.72 Å². The van der Waals surface area contributed by atoms with E-state index >= 15 is 0 Å². The van der Waals surface area contributed by atoms with Crippen molar-refractivity contribution in [2.75, 3.05) is 5.75 Å². The van der Waals surface area contributed by atoms with Crippen LogP contribution in [-0.4, -0.2) is 14.2 Å². The van der Waals surface area contributed by atoms with E-state index in [2.05, 4.69) is 20.7 Å². The third-order valence-corrected chi connectivity index (χ3v) is 4.16. The lowest BCUT2D eigenvalue weighted by Gasteiger charge is -2.07. The third-order valence-electron chi connectivity index (χ3n) is 2.26. The van der Waals surface area contributed by atoms with Crippen molar-refractivity contribution in [2.45, 2.75) is 26.3 Å². The summed E-state index contributed by atoms with van der Waals surface area (Å²) in [5.41, 5.74) is 0.333. The Morgan fingerprint density at radius 3 is 2.76 bits per heavy atom. The lowest BCUT2D eigenvalue weighted by Crippen LogP contribution is -2.26. The van der Waals surface area contributed by atoms with Gasteiger partial charge in [0.2, 0.25) is 10.0 Å². The molecule has 0 aliphatic heterocycles. The van der Waals surface area contributed by atoms with Gasteiger partial charge in [-0.15, -0.1) is 0 Å². The molecule has 0 saturated heterocycles. The van der Waals surface area contributed by atoms with Crippen molar-refractivity contribution in [3.05, 3.63) is 34.1 Å². The first kappa shape index (κ1) is 14.6. The highest BCUT2D eigenvalue weighted by atomic mass is 79.9. The average Bonchev–Trinajstić information content (AvgIpc) is 2.28. The summed E-state index contributed by atoms with van der Waals surface area (Å²) in [5.74, 6) is -0.328. The number of rotatable bonds is 6. The first-order valence-corrected chi connectivity index (χ1v) is 7.80. The van der Waals surface area contributed by atoms with E-state index in [0.29, 0.717) is 12.0 Å². The van der Waals surface area contributed by atoms with E-state index in [4.69, 9.17) is 0 Å². The molecule has 0 radical (unpaired) electrons. The molecule has 3 nitrogen and oxygen atoms in total. The third kappa shape index (κ3) is 5.14. The summed E-state index contributed by atoms with van der Waals surface area (Å²) < 4.78 is 39.5. The maximum absolute atomic E-state index is 13.3. The van der Waals surface area contributed by atoms with Crippen molar-refractivity contribution in [2.24, 2.45) is 0 Å². The Labute approximate surface area is 110 Å². The Morgan fingerprint density at radius 2 is 2.12 bits per heavy atom. The highest BCUT2D eigenvalue weighted by Gasteiger charge is 2.10. The van der Waals surface area contributed by atoms with Gasteiger partial charge in [0, 0.05) is 16.6 Å². The van der Waals surface area contributed by atoms with E-state index in [-0.39, 0.29) is 12.3 Å². The standard InChI is InChI=1S/C11H15BrFNO2S/c1-2-3-6-17(15,16)14-8-9-7-10(12)4-5-11(9)13/h4-5,7,14H,2-3,6,8H2,1H3. The molecule has 6 heteroatoms. The molecule has 0 bridgehead atoms. The van der Waals surface area contributed by atoms with Crippen molar-refractivity contribution in [3.8, 4) is 0 Å². The Hall–Kier alpha value is -0.460. The van der Waals surface area contributed by atoms with Gasteiger partial charge in [-0.25, -0.2) is 17.5 Å². The van der Waals surface area contributed by atoms with E-state index in [0.717, 1.165) is 10.9 Å². The molecule has 1 aromatic carbocycles. The molecule has 0 aliphatic carbocycles. The molecule has 0 unspecified atom stereocenters. The number of unbranched alkanes of at least 4 members (excludes halogenated alkanes) is 1. The molecule has 0 atom stereocenters. The maximum atomic E-state index is 13.3. The number of benzene rings is 1. The number of hydrogen-bond acceptors (Lipinski definition) is 2. The summed E-state index contributed by atoms with van der Waals surface area (Å²) in [6.45, 7) is 1.90. The average molecular weight is 324 g/mol. The summed E-state index contributed by atoms with van der Waals surface area (Å²) in [4.78, 5) is 0. The Morgan fingerprint density at radius 1 is 1.41 bits per heavy atom. The lowest BCUT2D eigenvalue weighted by molar-refractivity contribution is 0.571. The summed E-state index contributed by atoms with van der Waals surface area (Å²) in [6, 6.07) is 4.45. The van der Waals surface area contributed by atoms with Crippen LogP contribution in [0.15, 0.2) is 22.7 Å². The van der Waals surface area contributed by atoms with Crippen LogP contribution in [0.1, 0.15) is 25.3 Å². The fourth-order valence-electron chi connectivity index (χ4n) is 1.27. The molecule has 0 aromatic heterocycles. The summed E-state index contributed by atoms with van der Waals surface area (Å²) in [7, 11) is -3.30. The quantitative estimate of drug-likeness (QED) is 0.875. The van der Waals surface area contributed by atoms with Gasteiger partial charge in [0.1, 0.15) is 5.82 Å². The molecule has 96 valence electrons. The minimum absolute atomic E-state index is 0.0165. The van der Waals surface area contributed by atoms with Crippen LogP contribution in [0.25, 0.3) is 0 Å². The second kappa shape index (κ2) is 6.47. The largest absolute Gasteiger partial charge is 0.212 e. The highest BCUT2D eigenvalue weighted by molar-refractivity contribution is 9.10. The molecule has 1 aromatic rings. The molecule has 0 fully saturated rings. The van der Waals surface area contributed by atoms with Gasteiger partial charge in [-0.05, 0) is 24.6 Å². The van der Waals surface area contributed by atoms with Gasteiger partial charge in [0.05, 0.1) is 5.75 Å². The van der Waals surface area contributed by atoms with E-state index in [1.54, 1.807) is 12.1 Å². The fraction of sp³-hybridized carbons (Fsp3) is 0.455. The second-order valence-corrected chi connectivity index (χ2v) is 6.57. The summed E-state index contributed by atoms with van der Waals surface area (Å²) in [6.07, 6.45) is 1.42. The normalized spacial score (nSPS) is 11.7. The van der Waals surface area contributed by atoms with E-state index in [1.165, 1.54) is 6.07 Å². The van der Waals surface area contributed by atoms with E-state index in [9.17, 15) is 12.8 Å². The topological polar surface area (TPSA) is 46.2 Å². The molecular weight excluding hydrogens is 309 g/mol. The SMILES string of the molecule is CCCCS(=O)(=O)NCc1cc(Br)ccc1F. The van der Waals surface area contributed by atoms with Gasteiger partial charge >= 0.3 is 0 Å². The van der Waals surface area contributed by atoms with Crippen LogP contribution in [0.3, 0.4) is 0 Å². The summed E-state index contributed by atoms with van der Waals surface area (Å²) >= 11 is 3.21. The first-order chi connectivity index (χ1) is 7.94. The predicted molar refractivity (Wildman–Crippen MR) is 69.6 cm³/mol. The maximum Gasteiger partial charge on any atom is 0.211 e. The second-order valence-electron chi connectivity index (χ2n) is 3.73. The van der Waals surface area contributed by atoms with Crippen LogP contribution in [-0.2, 0) is 16.6 Å². The zero-order chi connectivity index (χ0) is 12.9. The van der Waals surface area contributed by atoms with Crippen molar-refractivity contribution >= 4 is 26.0 Å². The van der Waals surface area contributed by atoms with Crippen LogP contribution in [0.5, 0.6) is 0 Å². The zero-order valence-corrected chi connectivity index (χ0v) is 11.9. The van der Waals surface area contributed by atoms with E-state index in [1.807, 2.05) is 6.92 Å². The van der Waals surface area contributed by atoms with Gasteiger partial charge in [-0.2, -0.15) is 0 Å². The van der Waals surface area contributed by atoms with Crippen LogP contribution in [0.4, 0.5) is 4.39 Å². The molecule has 0 heterocycles. The molecule has 0 saturated carbocycles. The molecule has 1 N–H and O–H groups in total. The highest BCUT2D eigenvalue weighted by Crippen LogP contribution is 2.15. The summed E-state index contributed by atoms with van der Waals surface area (Å²) in [5, 5.41) is 0. The molecule has 1 rings (SSSR count). The minimum Gasteiger partial charge on any atom is -0.212 e. The fourth-order valence-corrected chi connectivity index (χ4v) is 2.87. The minimum atomic E-state index is -3.30. The van der Waals surface area contributed by atoms with Gasteiger partial charge in [0.15, 0.2) is 0 Å². The molecule has 0 amide bonds. The first-order valence-electron chi connectivity index (χ1n) is 5.36. The number of nitrogens with one attached hydrogen (secondary N) is 1. The molecular formula is C11H15BrFNO2S. The van der Waals surface area contributed by atoms with Crippen LogP contribution in [0, 0.1) is 5.82 Å². The Kier molecular flexibility index (Phi) is 5.55. The Balaban J connectivity index is 2.64. The molecule has 0 aliphatic rings. The van der Waals surface area contributed by atoms with Gasteiger partial charge < -0.3 is 0 Å². The van der Waals surface area contributed by atoms with Gasteiger partial charge in [-0.1, -0.05) is 29.3 Å². The van der Waals surface area contributed by atoms with Gasteiger partial charge in [-0.3, -0.25) is 0 Å². The van der Waals surface area contributed by atoms with Crippen molar-refractivity contribution < 1.29 is 12.8 Å².